The van der Waals surface area contributed by atoms with Gasteiger partial charge >= 0.3 is 12.2 Å². The van der Waals surface area contributed by atoms with Gasteiger partial charge in [0.25, 0.3) is 5.92 Å². The Morgan fingerprint density at radius 3 is 2.70 bits per heavy atom. The van der Waals surface area contributed by atoms with Crippen molar-refractivity contribution in [2.45, 2.75) is 55.4 Å². The second-order valence-corrected chi connectivity index (χ2v) is 12.5. The van der Waals surface area contributed by atoms with Crippen LogP contribution in [0.3, 0.4) is 0 Å². The molecule has 2 unspecified atom stereocenters. The Hall–Kier alpha value is -3.19. The third-order valence-electron chi connectivity index (χ3n) is 9.98. The van der Waals surface area contributed by atoms with E-state index in [9.17, 15) is 13.2 Å². The average Bonchev–Trinajstić information content (AvgIpc) is 3.54. The molecule has 3 aromatic rings. The number of anilines is 1. The third kappa shape index (κ3) is 4.21. The van der Waals surface area contributed by atoms with Crippen LogP contribution in [0.1, 0.15) is 48.3 Å². The van der Waals surface area contributed by atoms with Crippen LogP contribution in [0.15, 0.2) is 24.4 Å². The fourth-order valence-electron chi connectivity index (χ4n) is 7.93. The SMILES string of the molecule is F[C@@H]1CN2CCC[C@]2(COc2nc(N3CCNCC3)c3cnc(-c4cccc5c4C4CC4C5(F)F)c(C(F)(F)F)c3n2)C1. The highest BCUT2D eigenvalue weighted by molar-refractivity contribution is 5.95. The number of hydrogen-bond acceptors (Lipinski definition) is 7. The Labute approximate surface area is 243 Å². The zero-order chi connectivity index (χ0) is 29.7. The van der Waals surface area contributed by atoms with Crippen molar-refractivity contribution in [1.82, 2.24) is 25.2 Å². The summed E-state index contributed by atoms with van der Waals surface area (Å²) in [4.78, 5) is 17.1. The summed E-state index contributed by atoms with van der Waals surface area (Å²) in [5.74, 6) is -4.21. The number of hydrogen-bond donors (Lipinski definition) is 1. The second-order valence-electron chi connectivity index (χ2n) is 12.5. The first-order valence-electron chi connectivity index (χ1n) is 14.8. The number of fused-ring (bicyclic) bond motifs is 5. The van der Waals surface area contributed by atoms with Gasteiger partial charge in [0.05, 0.1) is 22.1 Å². The first-order valence-corrected chi connectivity index (χ1v) is 14.8. The van der Waals surface area contributed by atoms with Crippen LogP contribution in [0.2, 0.25) is 0 Å². The molecule has 13 heteroatoms. The van der Waals surface area contributed by atoms with Crippen LogP contribution in [0, 0.1) is 5.92 Å². The number of nitrogens with zero attached hydrogens (tertiary/aromatic N) is 5. The standard InChI is InChI=1S/C30H30F6N6O/c31-16-12-28(5-2-8-42(28)14-16)15-43-27-39-25-19(26(40-27)41-9-6-37-7-10-41)13-38-24(23(25)30(34,35)36)17-3-1-4-20-22(17)18-11-21(18)29(20,32)33/h1,3-4,13,16,18,21,37H,2,5-12,14-15H2/t16-,18?,21?,28+/m0/s1. The maximum Gasteiger partial charge on any atom is 0.420 e. The van der Waals surface area contributed by atoms with Gasteiger partial charge in [-0.2, -0.15) is 23.1 Å². The molecule has 2 aliphatic carbocycles. The summed E-state index contributed by atoms with van der Waals surface area (Å²) in [5.41, 5.74) is -2.38. The van der Waals surface area contributed by atoms with Crippen molar-refractivity contribution >= 4 is 16.7 Å². The van der Waals surface area contributed by atoms with Gasteiger partial charge in [0.2, 0.25) is 0 Å². The van der Waals surface area contributed by atoms with Crippen molar-refractivity contribution in [2.75, 3.05) is 50.8 Å². The molecule has 5 heterocycles. The van der Waals surface area contributed by atoms with Gasteiger partial charge in [0.1, 0.15) is 24.2 Å². The van der Waals surface area contributed by atoms with Crippen LogP contribution in [-0.4, -0.2) is 77.4 Å². The largest absolute Gasteiger partial charge is 0.461 e. The summed E-state index contributed by atoms with van der Waals surface area (Å²) < 4.78 is 95.6. The molecule has 1 N–H and O–H groups in total. The van der Waals surface area contributed by atoms with Crippen molar-refractivity contribution < 1.29 is 31.1 Å². The number of ether oxygens (including phenoxy) is 1. The minimum Gasteiger partial charge on any atom is -0.461 e. The number of pyridine rings is 1. The molecule has 8 rings (SSSR count). The number of aromatic nitrogens is 3. The molecule has 0 radical (unpaired) electrons. The van der Waals surface area contributed by atoms with E-state index in [0.29, 0.717) is 39.1 Å². The summed E-state index contributed by atoms with van der Waals surface area (Å²) >= 11 is 0. The maximum absolute atomic E-state index is 15.1. The molecule has 1 saturated carbocycles. The molecular weight excluding hydrogens is 574 g/mol. The number of benzene rings is 1. The minimum absolute atomic E-state index is 0.0571. The topological polar surface area (TPSA) is 66.4 Å². The lowest BCUT2D eigenvalue weighted by molar-refractivity contribution is -0.136. The molecule has 0 spiro atoms. The van der Waals surface area contributed by atoms with Crippen LogP contribution in [0.4, 0.5) is 32.2 Å². The Kier molecular flexibility index (Phi) is 5.98. The zero-order valence-corrected chi connectivity index (χ0v) is 23.2. The molecule has 3 saturated heterocycles. The van der Waals surface area contributed by atoms with E-state index in [1.165, 1.54) is 24.4 Å². The monoisotopic (exact) mass is 604 g/mol. The molecule has 4 fully saturated rings. The fourth-order valence-corrected chi connectivity index (χ4v) is 7.93. The Bertz CT molecular complexity index is 1610. The highest BCUT2D eigenvalue weighted by Crippen LogP contribution is 2.68. The molecule has 0 bridgehead atoms. The molecule has 228 valence electrons. The molecule has 1 aromatic carbocycles. The van der Waals surface area contributed by atoms with Crippen molar-refractivity contribution in [3.05, 3.63) is 41.1 Å². The van der Waals surface area contributed by atoms with Gasteiger partial charge in [-0.3, -0.25) is 9.88 Å². The van der Waals surface area contributed by atoms with Crippen molar-refractivity contribution in [3.63, 3.8) is 0 Å². The van der Waals surface area contributed by atoms with E-state index in [0.717, 1.165) is 19.4 Å². The van der Waals surface area contributed by atoms with E-state index < -0.39 is 46.9 Å². The van der Waals surface area contributed by atoms with Gasteiger partial charge in [-0.15, -0.1) is 0 Å². The van der Waals surface area contributed by atoms with Gasteiger partial charge in [-0.1, -0.05) is 18.2 Å². The molecular formula is C30H30F6N6O. The number of alkyl halides is 6. The quantitative estimate of drug-likeness (QED) is 0.398. The van der Waals surface area contributed by atoms with E-state index in [2.05, 4.69) is 25.2 Å². The predicted octanol–water partition coefficient (Wildman–Crippen LogP) is 5.28. The van der Waals surface area contributed by atoms with Gasteiger partial charge in [-0.25, -0.2) is 13.2 Å². The second kappa shape index (κ2) is 9.40. The molecule has 43 heavy (non-hydrogen) atoms. The third-order valence-corrected chi connectivity index (χ3v) is 9.98. The molecule has 0 amide bonds. The van der Waals surface area contributed by atoms with E-state index in [-0.39, 0.29) is 52.4 Å². The van der Waals surface area contributed by atoms with Crippen LogP contribution < -0.4 is 15.0 Å². The van der Waals surface area contributed by atoms with Gasteiger partial charge < -0.3 is 15.0 Å². The Balaban J connectivity index is 1.29. The van der Waals surface area contributed by atoms with Gasteiger partial charge in [0, 0.05) is 62.4 Å². The minimum atomic E-state index is -4.91. The maximum atomic E-state index is 15.1. The van der Waals surface area contributed by atoms with Gasteiger partial charge in [-0.05, 0) is 37.3 Å². The van der Waals surface area contributed by atoms with E-state index in [4.69, 9.17) is 4.74 Å². The summed E-state index contributed by atoms with van der Waals surface area (Å²) in [7, 11) is 0. The number of rotatable bonds is 5. The van der Waals surface area contributed by atoms with Crippen molar-refractivity contribution in [2.24, 2.45) is 5.92 Å². The summed E-state index contributed by atoms with van der Waals surface area (Å²) in [6.45, 7) is 3.34. The summed E-state index contributed by atoms with van der Waals surface area (Å²) in [6.07, 6.45) is -2.45. The molecule has 2 aromatic heterocycles. The van der Waals surface area contributed by atoms with Crippen LogP contribution >= 0.6 is 0 Å². The number of halogens is 6. The lowest BCUT2D eigenvalue weighted by Gasteiger charge is -2.32. The highest BCUT2D eigenvalue weighted by atomic mass is 19.4. The number of nitrogens with one attached hydrogen (secondary N) is 1. The van der Waals surface area contributed by atoms with Crippen LogP contribution in [0.5, 0.6) is 6.01 Å². The van der Waals surface area contributed by atoms with Crippen molar-refractivity contribution in [3.8, 4) is 17.3 Å². The molecule has 5 aliphatic rings. The smallest absolute Gasteiger partial charge is 0.420 e. The lowest BCUT2D eigenvalue weighted by atomic mass is 9.93. The highest BCUT2D eigenvalue weighted by Gasteiger charge is 2.64. The van der Waals surface area contributed by atoms with E-state index in [1.54, 1.807) is 0 Å². The number of piperazine rings is 1. The molecule has 4 atom stereocenters. The predicted molar refractivity (Wildman–Crippen MR) is 146 cm³/mol. The first-order chi connectivity index (χ1) is 20.6. The van der Waals surface area contributed by atoms with E-state index in [1.807, 2.05) is 4.90 Å². The molecule has 7 nitrogen and oxygen atoms in total. The normalized spacial score (nSPS) is 29.5. The fraction of sp³-hybridized carbons (Fsp3) is 0.567. The summed E-state index contributed by atoms with van der Waals surface area (Å²) in [5, 5.41) is 3.34. The zero-order valence-electron chi connectivity index (χ0n) is 23.2. The first kappa shape index (κ1) is 27.4. The molecule has 3 aliphatic heterocycles. The van der Waals surface area contributed by atoms with E-state index >= 15 is 13.2 Å². The Morgan fingerprint density at radius 2 is 1.91 bits per heavy atom. The lowest BCUT2D eigenvalue weighted by Crippen LogP contribution is -2.44. The van der Waals surface area contributed by atoms with Crippen LogP contribution in [0.25, 0.3) is 22.2 Å². The van der Waals surface area contributed by atoms with Gasteiger partial charge in [0.15, 0.2) is 0 Å². The Morgan fingerprint density at radius 1 is 1.09 bits per heavy atom. The van der Waals surface area contributed by atoms with Crippen LogP contribution in [-0.2, 0) is 12.1 Å². The van der Waals surface area contributed by atoms with Crippen molar-refractivity contribution in [1.29, 1.82) is 0 Å². The average molecular weight is 605 g/mol. The summed E-state index contributed by atoms with van der Waals surface area (Å²) in [6, 6.07) is 3.88.